The van der Waals surface area contributed by atoms with Gasteiger partial charge < -0.3 is 4.90 Å². The molecule has 0 saturated carbocycles. The van der Waals surface area contributed by atoms with E-state index in [0.717, 1.165) is 37.1 Å². The highest BCUT2D eigenvalue weighted by Crippen LogP contribution is 2.32. The lowest BCUT2D eigenvalue weighted by Crippen LogP contribution is -2.38. The topological polar surface area (TPSA) is 61.9 Å². The molecule has 23 heavy (non-hydrogen) atoms. The Balaban J connectivity index is 1.86. The zero-order valence-electron chi connectivity index (χ0n) is 14.0. The zero-order chi connectivity index (χ0) is 16.4. The van der Waals surface area contributed by atoms with Crippen molar-refractivity contribution in [2.45, 2.75) is 51.5 Å². The Morgan fingerprint density at radius 2 is 2.17 bits per heavy atom. The van der Waals surface area contributed by atoms with Gasteiger partial charge in [0.2, 0.25) is 0 Å². The molecule has 122 valence electrons. The average Bonchev–Trinajstić information content (AvgIpc) is 3.05. The van der Waals surface area contributed by atoms with Crippen molar-refractivity contribution in [3.8, 4) is 0 Å². The van der Waals surface area contributed by atoms with Crippen LogP contribution in [0.2, 0.25) is 0 Å². The monoisotopic (exact) mass is 312 g/mol. The number of pyridine rings is 1. The number of aromatic amines is 1. The van der Waals surface area contributed by atoms with Crippen LogP contribution in [0.15, 0.2) is 30.6 Å². The quantitative estimate of drug-likeness (QED) is 0.923. The molecule has 1 aliphatic rings. The van der Waals surface area contributed by atoms with Crippen LogP contribution in [0, 0.1) is 0 Å². The molecule has 1 amide bonds. The minimum Gasteiger partial charge on any atom is -0.330 e. The van der Waals surface area contributed by atoms with E-state index in [1.54, 1.807) is 6.20 Å². The van der Waals surface area contributed by atoms with Crippen molar-refractivity contribution in [1.29, 1.82) is 0 Å². The summed E-state index contributed by atoms with van der Waals surface area (Å²) >= 11 is 0. The van der Waals surface area contributed by atoms with Crippen molar-refractivity contribution in [1.82, 2.24) is 20.1 Å². The molecule has 0 aromatic carbocycles. The van der Waals surface area contributed by atoms with Crippen molar-refractivity contribution < 1.29 is 4.79 Å². The summed E-state index contributed by atoms with van der Waals surface area (Å²) in [7, 11) is 0. The summed E-state index contributed by atoms with van der Waals surface area (Å²) in [5.74, 6) is 0.00491. The van der Waals surface area contributed by atoms with E-state index in [2.05, 4.69) is 36.0 Å². The Labute approximate surface area is 137 Å². The number of carbonyl (C=O) groups is 1. The number of likely N-dealkylation sites (tertiary alicyclic amines) is 1. The summed E-state index contributed by atoms with van der Waals surface area (Å²) in [6.45, 7) is 7.09. The molecule has 3 heterocycles. The molecule has 1 aliphatic heterocycles. The maximum absolute atomic E-state index is 12.9. The van der Waals surface area contributed by atoms with E-state index in [1.807, 2.05) is 29.3 Å². The van der Waals surface area contributed by atoms with Crippen LogP contribution in [-0.2, 0) is 5.41 Å². The van der Waals surface area contributed by atoms with Crippen LogP contribution in [0.1, 0.15) is 67.8 Å². The number of amides is 1. The lowest BCUT2D eigenvalue weighted by Gasteiger charge is -2.35. The van der Waals surface area contributed by atoms with Crippen molar-refractivity contribution in [2.24, 2.45) is 0 Å². The van der Waals surface area contributed by atoms with Gasteiger partial charge in [-0.1, -0.05) is 26.8 Å². The molecular formula is C18H24N4O. The third-order valence-corrected chi connectivity index (χ3v) is 4.44. The summed E-state index contributed by atoms with van der Waals surface area (Å²) in [5.41, 5.74) is 2.55. The number of hydrogen-bond acceptors (Lipinski definition) is 3. The average molecular weight is 312 g/mol. The van der Waals surface area contributed by atoms with Gasteiger partial charge in [-0.15, -0.1) is 0 Å². The lowest BCUT2D eigenvalue weighted by molar-refractivity contribution is 0.0605. The fourth-order valence-corrected chi connectivity index (χ4v) is 3.06. The highest BCUT2D eigenvalue weighted by molar-refractivity contribution is 5.92. The van der Waals surface area contributed by atoms with Crippen LogP contribution in [0.5, 0.6) is 0 Å². The number of carbonyl (C=O) groups excluding carboxylic acids is 1. The second-order valence-electron chi connectivity index (χ2n) is 7.21. The summed E-state index contributed by atoms with van der Waals surface area (Å²) in [5, 5.41) is 7.26. The van der Waals surface area contributed by atoms with Crippen LogP contribution < -0.4 is 0 Å². The van der Waals surface area contributed by atoms with Gasteiger partial charge in [0.25, 0.3) is 5.91 Å². The first-order valence-electron chi connectivity index (χ1n) is 8.23. The fraction of sp³-hybridized carbons (Fsp3) is 0.500. The van der Waals surface area contributed by atoms with E-state index in [9.17, 15) is 4.79 Å². The molecule has 3 rings (SSSR count). The highest BCUT2D eigenvalue weighted by Gasteiger charge is 2.30. The van der Waals surface area contributed by atoms with Crippen LogP contribution in [0.3, 0.4) is 0 Å². The molecule has 1 atom stereocenters. The first-order chi connectivity index (χ1) is 11.0. The van der Waals surface area contributed by atoms with Crippen LogP contribution in [0.4, 0.5) is 0 Å². The van der Waals surface area contributed by atoms with Crippen LogP contribution in [-0.4, -0.2) is 32.5 Å². The Kier molecular flexibility index (Phi) is 4.20. The summed E-state index contributed by atoms with van der Waals surface area (Å²) in [6, 6.07) is 5.96. The van der Waals surface area contributed by atoms with E-state index in [1.165, 1.54) is 0 Å². The van der Waals surface area contributed by atoms with Gasteiger partial charge in [0.1, 0.15) is 5.69 Å². The molecular weight excluding hydrogens is 288 g/mol. The first kappa shape index (κ1) is 15.7. The predicted molar refractivity (Wildman–Crippen MR) is 89.2 cm³/mol. The van der Waals surface area contributed by atoms with E-state index < -0.39 is 0 Å². The molecule has 0 spiro atoms. The standard InChI is InChI=1S/C18H24N4O/c1-18(2,3)16-11-14(20-21-16)17(23)22-10-5-4-8-15(22)13-7-6-9-19-12-13/h6-7,9,11-12,15H,4-5,8,10H2,1-3H3,(H,20,21)/t15-/m0/s1. The molecule has 0 radical (unpaired) electrons. The maximum atomic E-state index is 12.9. The number of hydrogen-bond donors (Lipinski definition) is 1. The van der Waals surface area contributed by atoms with Gasteiger partial charge >= 0.3 is 0 Å². The number of nitrogens with zero attached hydrogens (tertiary/aromatic N) is 3. The van der Waals surface area contributed by atoms with Gasteiger partial charge in [-0.25, -0.2) is 0 Å². The SMILES string of the molecule is CC(C)(C)c1cc(C(=O)N2CCCC[C@H]2c2cccnc2)n[nH]1. The minimum absolute atomic E-state index is 0.00491. The molecule has 0 aliphatic carbocycles. The van der Waals surface area contributed by atoms with E-state index in [-0.39, 0.29) is 17.4 Å². The highest BCUT2D eigenvalue weighted by atomic mass is 16.2. The van der Waals surface area contributed by atoms with Crippen molar-refractivity contribution in [3.63, 3.8) is 0 Å². The Morgan fingerprint density at radius 1 is 1.35 bits per heavy atom. The smallest absolute Gasteiger partial charge is 0.274 e. The number of piperidine rings is 1. The molecule has 2 aromatic heterocycles. The lowest BCUT2D eigenvalue weighted by atomic mass is 9.92. The molecule has 5 nitrogen and oxygen atoms in total. The molecule has 5 heteroatoms. The summed E-state index contributed by atoms with van der Waals surface area (Å²) in [4.78, 5) is 19.1. The summed E-state index contributed by atoms with van der Waals surface area (Å²) < 4.78 is 0. The molecule has 1 saturated heterocycles. The third-order valence-electron chi connectivity index (χ3n) is 4.44. The van der Waals surface area contributed by atoms with Crippen molar-refractivity contribution in [2.75, 3.05) is 6.54 Å². The number of nitrogens with one attached hydrogen (secondary N) is 1. The zero-order valence-corrected chi connectivity index (χ0v) is 14.0. The largest absolute Gasteiger partial charge is 0.330 e. The first-order valence-corrected chi connectivity index (χ1v) is 8.23. The van der Waals surface area contributed by atoms with Gasteiger partial charge in [-0.2, -0.15) is 5.10 Å². The van der Waals surface area contributed by atoms with Crippen molar-refractivity contribution >= 4 is 5.91 Å². The van der Waals surface area contributed by atoms with Gasteiger partial charge in [0.05, 0.1) is 6.04 Å². The van der Waals surface area contributed by atoms with Gasteiger partial charge in [-0.3, -0.25) is 14.9 Å². The van der Waals surface area contributed by atoms with Gasteiger partial charge in [0.15, 0.2) is 0 Å². The molecule has 0 unspecified atom stereocenters. The number of aromatic nitrogens is 3. The van der Waals surface area contributed by atoms with Crippen LogP contribution >= 0.6 is 0 Å². The number of H-pyrrole nitrogens is 1. The van der Waals surface area contributed by atoms with E-state index >= 15 is 0 Å². The number of rotatable bonds is 2. The Bertz CT molecular complexity index is 672. The Hall–Kier alpha value is -2.17. The minimum atomic E-state index is -0.0455. The normalized spacial score (nSPS) is 18.9. The predicted octanol–water partition coefficient (Wildman–Crippen LogP) is 3.47. The van der Waals surface area contributed by atoms with Gasteiger partial charge in [-0.05, 0) is 37.0 Å². The molecule has 1 fully saturated rings. The molecule has 2 aromatic rings. The second kappa shape index (κ2) is 6.14. The fourth-order valence-electron chi connectivity index (χ4n) is 3.06. The van der Waals surface area contributed by atoms with E-state index in [4.69, 9.17) is 0 Å². The second-order valence-corrected chi connectivity index (χ2v) is 7.21. The Morgan fingerprint density at radius 3 is 2.83 bits per heavy atom. The molecule has 1 N–H and O–H groups in total. The van der Waals surface area contributed by atoms with Crippen LogP contribution in [0.25, 0.3) is 0 Å². The summed E-state index contributed by atoms with van der Waals surface area (Å²) in [6.07, 6.45) is 6.79. The van der Waals surface area contributed by atoms with Gasteiger partial charge in [0, 0.05) is 30.0 Å². The maximum Gasteiger partial charge on any atom is 0.274 e. The van der Waals surface area contributed by atoms with Crippen molar-refractivity contribution in [3.05, 3.63) is 47.5 Å². The van der Waals surface area contributed by atoms with E-state index in [0.29, 0.717) is 5.69 Å². The third kappa shape index (κ3) is 3.28. The molecule has 0 bridgehead atoms.